The molecule has 7 heteroatoms. The molecule has 2 aromatic heterocycles. The van der Waals surface area contributed by atoms with Gasteiger partial charge in [-0.25, -0.2) is 4.98 Å². The molecule has 4 rings (SSSR count). The molecule has 0 radical (unpaired) electrons. The van der Waals surface area contributed by atoms with E-state index in [1.165, 1.54) is 0 Å². The van der Waals surface area contributed by atoms with Gasteiger partial charge in [0.05, 0.1) is 30.0 Å². The fourth-order valence-electron chi connectivity index (χ4n) is 3.60. The number of hydrogen-bond donors (Lipinski definition) is 3. The van der Waals surface area contributed by atoms with Crippen LogP contribution in [0, 0.1) is 11.3 Å². The summed E-state index contributed by atoms with van der Waals surface area (Å²) in [5, 5.41) is 22.1. The zero-order valence-electron chi connectivity index (χ0n) is 15.3. The molecular formula is C21H21N4O3+. The number of ether oxygens (including phenoxy) is 1. The first-order chi connectivity index (χ1) is 13.7. The number of nitriles is 1. The number of pyridine rings is 1. The molecule has 3 heterocycles. The number of H-pyrrole nitrogens is 1. The molecule has 1 saturated heterocycles. The zero-order valence-corrected chi connectivity index (χ0v) is 15.3. The van der Waals surface area contributed by atoms with E-state index in [0.29, 0.717) is 37.4 Å². The summed E-state index contributed by atoms with van der Waals surface area (Å²) in [7, 11) is 0. The van der Waals surface area contributed by atoms with E-state index in [1.807, 2.05) is 36.5 Å². The van der Waals surface area contributed by atoms with Crippen molar-refractivity contribution in [2.75, 3.05) is 19.8 Å². The van der Waals surface area contributed by atoms with Gasteiger partial charge in [0.15, 0.2) is 11.2 Å². The number of rotatable bonds is 4. The van der Waals surface area contributed by atoms with Crippen molar-refractivity contribution in [3.8, 4) is 17.3 Å². The fraction of sp³-hybridized carbons (Fsp3) is 0.286. The van der Waals surface area contributed by atoms with Crippen molar-refractivity contribution in [2.24, 2.45) is 0 Å². The molecule has 1 aliphatic heterocycles. The number of fused-ring (bicyclic) bond motifs is 1. The Labute approximate surface area is 162 Å². The van der Waals surface area contributed by atoms with Gasteiger partial charge in [0, 0.05) is 18.8 Å². The monoisotopic (exact) mass is 377 g/mol. The molecule has 0 saturated carbocycles. The van der Waals surface area contributed by atoms with Crippen LogP contribution in [0.1, 0.15) is 29.0 Å². The first kappa shape index (κ1) is 18.2. The number of aliphatic hydroxyl groups excluding tert-OH is 1. The smallest absolute Gasteiger partial charge is 0.351 e. The summed E-state index contributed by atoms with van der Waals surface area (Å²) in [4.78, 5) is 16.3. The third-order valence-corrected chi connectivity index (χ3v) is 5.23. The number of amides is 1. The SMILES string of the molecule is N#Cc1cccc(-c2[nH]c(C(=O)NC3(CO)CCOCC3)[n+]3ccccc23)c1. The third-order valence-electron chi connectivity index (χ3n) is 5.23. The Morgan fingerprint density at radius 1 is 1.29 bits per heavy atom. The van der Waals surface area contributed by atoms with Gasteiger partial charge >= 0.3 is 11.7 Å². The molecule has 1 aromatic carbocycles. The highest BCUT2D eigenvalue weighted by atomic mass is 16.5. The largest absolute Gasteiger partial charge is 0.394 e. The maximum absolute atomic E-state index is 13.1. The molecule has 0 unspecified atom stereocenters. The second-order valence-electron chi connectivity index (χ2n) is 7.00. The number of carbonyl (C=O) groups excluding carboxylic acids is 1. The zero-order chi connectivity index (χ0) is 19.6. The quantitative estimate of drug-likeness (QED) is 0.601. The fourth-order valence-corrected chi connectivity index (χ4v) is 3.60. The van der Waals surface area contributed by atoms with E-state index in [2.05, 4.69) is 16.4 Å². The highest BCUT2D eigenvalue weighted by Gasteiger charge is 2.37. The average Bonchev–Trinajstić information content (AvgIpc) is 3.14. The van der Waals surface area contributed by atoms with Gasteiger partial charge in [0.2, 0.25) is 0 Å². The van der Waals surface area contributed by atoms with Crippen LogP contribution in [-0.2, 0) is 4.74 Å². The molecule has 0 aliphatic carbocycles. The van der Waals surface area contributed by atoms with Crippen LogP contribution < -0.4 is 9.72 Å². The van der Waals surface area contributed by atoms with Gasteiger partial charge in [0.1, 0.15) is 0 Å². The number of aliphatic hydroxyl groups is 1. The minimum atomic E-state index is -0.678. The lowest BCUT2D eigenvalue weighted by Gasteiger charge is -2.35. The predicted molar refractivity (Wildman–Crippen MR) is 101 cm³/mol. The Hall–Kier alpha value is -3.21. The van der Waals surface area contributed by atoms with Crippen LogP contribution in [-0.4, -0.2) is 41.4 Å². The van der Waals surface area contributed by atoms with Crippen molar-refractivity contribution in [1.82, 2.24) is 10.3 Å². The summed E-state index contributed by atoms with van der Waals surface area (Å²) in [5.41, 5.74) is 2.28. The summed E-state index contributed by atoms with van der Waals surface area (Å²) in [5.74, 6) is 0.0760. The Morgan fingerprint density at radius 2 is 2.11 bits per heavy atom. The molecule has 1 fully saturated rings. The first-order valence-corrected chi connectivity index (χ1v) is 9.20. The van der Waals surface area contributed by atoms with Gasteiger partial charge in [-0.2, -0.15) is 9.66 Å². The van der Waals surface area contributed by atoms with Crippen molar-refractivity contribution in [3.05, 3.63) is 60.0 Å². The number of nitrogens with one attached hydrogen (secondary N) is 2. The lowest BCUT2D eigenvalue weighted by molar-refractivity contribution is -0.514. The van der Waals surface area contributed by atoms with Crippen LogP contribution in [0.5, 0.6) is 0 Å². The van der Waals surface area contributed by atoms with E-state index in [9.17, 15) is 15.2 Å². The van der Waals surface area contributed by atoms with E-state index in [1.54, 1.807) is 16.5 Å². The molecule has 3 N–H and O–H groups in total. The van der Waals surface area contributed by atoms with E-state index in [-0.39, 0.29) is 12.5 Å². The Bertz CT molecular complexity index is 1060. The maximum atomic E-state index is 13.1. The lowest BCUT2D eigenvalue weighted by atomic mass is 9.91. The van der Waals surface area contributed by atoms with Gasteiger partial charge in [-0.3, -0.25) is 4.79 Å². The molecule has 28 heavy (non-hydrogen) atoms. The van der Waals surface area contributed by atoms with Crippen LogP contribution in [0.15, 0.2) is 48.7 Å². The average molecular weight is 377 g/mol. The number of benzene rings is 1. The van der Waals surface area contributed by atoms with Gasteiger partial charge < -0.3 is 15.2 Å². The number of imidazole rings is 1. The Morgan fingerprint density at radius 3 is 2.86 bits per heavy atom. The molecule has 0 bridgehead atoms. The van der Waals surface area contributed by atoms with Gasteiger partial charge in [-0.1, -0.05) is 18.2 Å². The van der Waals surface area contributed by atoms with Crippen molar-refractivity contribution < 1.29 is 19.0 Å². The summed E-state index contributed by atoms with van der Waals surface area (Å²) in [6, 6.07) is 15.0. The van der Waals surface area contributed by atoms with Crippen molar-refractivity contribution in [1.29, 1.82) is 5.26 Å². The summed E-state index contributed by atoms with van der Waals surface area (Å²) >= 11 is 0. The maximum Gasteiger partial charge on any atom is 0.351 e. The normalized spacial score (nSPS) is 15.9. The molecule has 3 aromatic rings. The second kappa shape index (κ2) is 7.43. The molecule has 1 aliphatic rings. The first-order valence-electron chi connectivity index (χ1n) is 9.20. The van der Waals surface area contributed by atoms with Gasteiger partial charge in [-0.15, -0.1) is 0 Å². The Kier molecular flexibility index (Phi) is 4.82. The van der Waals surface area contributed by atoms with Crippen molar-refractivity contribution in [2.45, 2.75) is 18.4 Å². The van der Waals surface area contributed by atoms with E-state index >= 15 is 0 Å². The number of hydrogen-bond acceptors (Lipinski definition) is 4. The molecular weight excluding hydrogens is 356 g/mol. The van der Waals surface area contributed by atoms with E-state index in [0.717, 1.165) is 16.8 Å². The van der Waals surface area contributed by atoms with Gasteiger partial charge in [-0.05, 0) is 37.1 Å². The number of carbonyl (C=O) groups is 1. The Balaban J connectivity index is 1.76. The van der Waals surface area contributed by atoms with Crippen LogP contribution in [0.3, 0.4) is 0 Å². The minimum absolute atomic E-state index is 0.136. The van der Waals surface area contributed by atoms with Crippen LogP contribution in [0.4, 0.5) is 0 Å². The van der Waals surface area contributed by atoms with Crippen molar-refractivity contribution >= 4 is 11.4 Å². The molecule has 1 amide bonds. The molecule has 0 spiro atoms. The standard InChI is InChI=1S/C21H20N4O3/c22-13-15-4-3-5-16(12-15)18-17-6-1-2-9-25(17)19(23-18)20(27)24-21(14-26)7-10-28-11-8-21/h1-6,9,12,26H,7-8,10-11,14H2,(H,24,27)/p+1. The lowest BCUT2D eigenvalue weighted by Crippen LogP contribution is -2.55. The van der Waals surface area contributed by atoms with Gasteiger partial charge in [0.25, 0.3) is 0 Å². The van der Waals surface area contributed by atoms with E-state index < -0.39 is 5.54 Å². The summed E-state index contributed by atoms with van der Waals surface area (Å²) < 4.78 is 7.15. The summed E-state index contributed by atoms with van der Waals surface area (Å²) in [6.07, 6.45) is 2.94. The van der Waals surface area contributed by atoms with Crippen LogP contribution in [0.2, 0.25) is 0 Å². The number of aromatic amines is 1. The molecule has 0 atom stereocenters. The molecule has 142 valence electrons. The van der Waals surface area contributed by atoms with Crippen LogP contribution >= 0.6 is 0 Å². The number of nitrogens with zero attached hydrogens (tertiary/aromatic N) is 2. The second-order valence-corrected chi connectivity index (χ2v) is 7.00. The highest BCUT2D eigenvalue weighted by molar-refractivity contribution is 5.92. The predicted octanol–water partition coefficient (Wildman–Crippen LogP) is 1.56. The molecule has 7 nitrogen and oxygen atoms in total. The topological polar surface area (TPSA) is 102 Å². The highest BCUT2D eigenvalue weighted by Crippen LogP contribution is 2.24. The van der Waals surface area contributed by atoms with Crippen molar-refractivity contribution in [3.63, 3.8) is 0 Å². The number of aromatic nitrogens is 2. The minimum Gasteiger partial charge on any atom is -0.394 e. The van der Waals surface area contributed by atoms with Crippen LogP contribution in [0.25, 0.3) is 16.8 Å². The van der Waals surface area contributed by atoms with E-state index in [4.69, 9.17) is 4.74 Å². The third kappa shape index (κ3) is 3.24. The summed E-state index contributed by atoms with van der Waals surface area (Å²) in [6.45, 7) is 0.875.